The van der Waals surface area contributed by atoms with Crippen LogP contribution in [-0.2, 0) is 16.0 Å². The number of amides is 3. The summed E-state index contributed by atoms with van der Waals surface area (Å²) in [6.45, 7) is 7.73. The smallest absolute Gasteiger partial charge is 0.259 e. The van der Waals surface area contributed by atoms with Crippen LogP contribution in [-0.4, -0.2) is 47.3 Å². The summed E-state index contributed by atoms with van der Waals surface area (Å²) in [5, 5.41) is 4.81. The van der Waals surface area contributed by atoms with E-state index in [-0.39, 0.29) is 24.3 Å². The number of nitrogens with zero attached hydrogens (tertiary/aromatic N) is 2. The minimum atomic E-state index is -0.675. The van der Waals surface area contributed by atoms with Gasteiger partial charge in [0.15, 0.2) is 0 Å². The maximum absolute atomic E-state index is 13.6. The van der Waals surface area contributed by atoms with Crippen molar-refractivity contribution in [1.29, 1.82) is 0 Å². The van der Waals surface area contributed by atoms with E-state index in [1.165, 1.54) is 4.90 Å². The number of carbonyl (C=O) groups is 3. The van der Waals surface area contributed by atoms with Crippen LogP contribution in [0.3, 0.4) is 0 Å². The van der Waals surface area contributed by atoms with Gasteiger partial charge in [-0.1, -0.05) is 54.6 Å². The van der Waals surface area contributed by atoms with Gasteiger partial charge in [0.2, 0.25) is 11.8 Å². The van der Waals surface area contributed by atoms with Crippen LogP contribution >= 0.6 is 0 Å². The van der Waals surface area contributed by atoms with Crippen molar-refractivity contribution < 1.29 is 14.4 Å². The Morgan fingerprint density at radius 2 is 1.65 bits per heavy atom. The van der Waals surface area contributed by atoms with E-state index in [0.717, 1.165) is 22.0 Å². The SMILES string of the molecule is C[C@H](C(=O)NC(C)(C)C)N(CCc1ccccc1)C(=O)CN1C(=O)c2cccc3cccc1c23. The van der Waals surface area contributed by atoms with Crippen LogP contribution in [0.5, 0.6) is 0 Å². The number of hydrogen-bond acceptors (Lipinski definition) is 3. The molecule has 1 aliphatic rings. The Kier molecular flexibility index (Phi) is 6.42. The van der Waals surface area contributed by atoms with Crippen LogP contribution < -0.4 is 10.2 Å². The van der Waals surface area contributed by atoms with E-state index in [0.29, 0.717) is 18.5 Å². The van der Waals surface area contributed by atoms with Gasteiger partial charge in [-0.05, 0) is 57.2 Å². The average Bonchev–Trinajstić information content (AvgIpc) is 3.06. The van der Waals surface area contributed by atoms with Gasteiger partial charge in [-0.25, -0.2) is 0 Å². The standard InChI is InChI=1S/C28H31N3O3/c1-19(26(33)29-28(2,3)4)30(17-16-20-10-6-5-7-11-20)24(32)18-31-23-15-9-13-21-12-8-14-22(25(21)23)27(31)34/h5-15,19H,16-18H2,1-4H3,(H,29,33)/t19-/m1/s1. The van der Waals surface area contributed by atoms with E-state index in [2.05, 4.69) is 5.32 Å². The fraction of sp³-hybridized carbons (Fsp3) is 0.321. The predicted molar refractivity (Wildman–Crippen MR) is 135 cm³/mol. The molecule has 4 rings (SSSR count). The second-order valence-electron chi connectivity index (χ2n) is 9.81. The molecule has 0 spiro atoms. The molecule has 0 unspecified atom stereocenters. The molecule has 1 aliphatic heterocycles. The Labute approximate surface area is 200 Å². The third-order valence-electron chi connectivity index (χ3n) is 6.09. The van der Waals surface area contributed by atoms with Crippen molar-refractivity contribution in [3.63, 3.8) is 0 Å². The molecule has 0 fully saturated rings. The van der Waals surface area contributed by atoms with Crippen molar-refractivity contribution in [3.05, 3.63) is 77.9 Å². The number of rotatable bonds is 7. The largest absolute Gasteiger partial charge is 0.350 e. The summed E-state index contributed by atoms with van der Waals surface area (Å²) < 4.78 is 0. The molecule has 3 aromatic rings. The molecule has 0 aromatic heterocycles. The molecule has 0 bridgehead atoms. The molecule has 0 saturated carbocycles. The van der Waals surface area contributed by atoms with Crippen LogP contribution in [0.2, 0.25) is 0 Å². The van der Waals surface area contributed by atoms with Crippen LogP contribution in [0.25, 0.3) is 10.8 Å². The zero-order chi connectivity index (χ0) is 24.5. The number of carbonyl (C=O) groups excluding carboxylic acids is 3. The Hall–Kier alpha value is -3.67. The highest BCUT2D eigenvalue weighted by molar-refractivity contribution is 6.26. The summed E-state index contributed by atoms with van der Waals surface area (Å²) in [6, 6.07) is 20.5. The Bertz CT molecular complexity index is 1230. The molecule has 1 N–H and O–H groups in total. The number of benzene rings is 3. The summed E-state index contributed by atoms with van der Waals surface area (Å²) in [5.74, 6) is -0.660. The minimum absolute atomic E-state index is 0.117. The van der Waals surface area contributed by atoms with Gasteiger partial charge in [0, 0.05) is 23.0 Å². The topological polar surface area (TPSA) is 69.7 Å². The third kappa shape index (κ3) is 4.81. The van der Waals surface area contributed by atoms with Crippen LogP contribution in [0.4, 0.5) is 5.69 Å². The van der Waals surface area contributed by atoms with Gasteiger partial charge in [-0.15, -0.1) is 0 Å². The first-order chi connectivity index (χ1) is 16.2. The van der Waals surface area contributed by atoms with Gasteiger partial charge in [0.1, 0.15) is 12.6 Å². The first-order valence-electron chi connectivity index (χ1n) is 11.6. The van der Waals surface area contributed by atoms with Gasteiger partial charge in [0.25, 0.3) is 5.91 Å². The molecule has 0 radical (unpaired) electrons. The third-order valence-corrected chi connectivity index (χ3v) is 6.09. The highest BCUT2D eigenvalue weighted by Gasteiger charge is 2.34. The zero-order valence-electron chi connectivity index (χ0n) is 20.2. The van der Waals surface area contributed by atoms with E-state index in [4.69, 9.17) is 0 Å². The molecule has 6 nitrogen and oxygen atoms in total. The molecular weight excluding hydrogens is 426 g/mol. The second kappa shape index (κ2) is 9.29. The molecule has 0 saturated heterocycles. The lowest BCUT2D eigenvalue weighted by Crippen LogP contribution is -2.54. The number of nitrogens with one attached hydrogen (secondary N) is 1. The zero-order valence-corrected chi connectivity index (χ0v) is 20.2. The predicted octanol–water partition coefficient (Wildman–Crippen LogP) is 4.17. The fourth-order valence-corrected chi connectivity index (χ4v) is 4.41. The van der Waals surface area contributed by atoms with Gasteiger partial charge in [-0.3, -0.25) is 19.3 Å². The Morgan fingerprint density at radius 1 is 0.971 bits per heavy atom. The summed E-state index contributed by atoms with van der Waals surface area (Å²) in [7, 11) is 0. The van der Waals surface area contributed by atoms with Gasteiger partial charge in [-0.2, -0.15) is 0 Å². The van der Waals surface area contributed by atoms with Crippen molar-refractivity contribution in [2.24, 2.45) is 0 Å². The van der Waals surface area contributed by atoms with Crippen molar-refractivity contribution in [3.8, 4) is 0 Å². The van der Waals surface area contributed by atoms with Crippen LogP contribution in [0.15, 0.2) is 66.7 Å². The summed E-state index contributed by atoms with van der Waals surface area (Å²) in [6.07, 6.45) is 0.615. The van der Waals surface area contributed by atoms with Crippen LogP contribution in [0.1, 0.15) is 43.6 Å². The van der Waals surface area contributed by atoms with E-state index in [1.807, 2.05) is 81.4 Å². The Morgan fingerprint density at radius 3 is 2.32 bits per heavy atom. The van der Waals surface area contributed by atoms with E-state index in [1.54, 1.807) is 17.9 Å². The van der Waals surface area contributed by atoms with E-state index >= 15 is 0 Å². The lowest BCUT2D eigenvalue weighted by atomic mass is 10.1. The molecule has 0 aliphatic carbocycles. The molecule has 3 aromatic carbocycles. The molecule has 6 heteroatoms. The summed E-state index contributed by atoms with van der Waals surface area (Å²) in [5.41, 5.74) is 2.01. The number of hydrogen-bond donors (Lipinski definition) is 1. The molecule has 176 valence electrons. The van der Waals surface area contributed by atoms with Crippen molar-refractivity contribution >= 4 is 34.2 Å². The highest BCUT2D eigenvalue weighted by atomic mass is 16.2. The number of anilines is 1. The average molecular weight is 458 g/mol. The maximum Gasteiger partial charge on any atom is 0.259 e. The summed E-state index contributed by atoms with van der Waals surface area (Å²) >= 11 is 0. The molecule has 1 heterocycles. The van der Waals surface area contributed by atoms with Gasteiger partial charge < -0.3 is 10.2 Å². The van der Waals surface area contributed by atoms with E-state index < -0.39 is 11.6 Å². The first-order valence-corrected chi connectivity index (χ1v) is 11.6. The maximum atomic E-state index is 13.6. The fourth-order valence-electron chi connectivity index (χ4n) is 4.41. The monoisotopic (exact) mass is 457 g/mol. The lowest BCUT2D eigenvalue weighted by Gasteiger charge is -2.32. The molecule has 1 atom stereocenters. The van der Waals surface area contributed by atoms with Gasteiger partial charge in [0.05, 0.1) is 5.69 Å². The lowest BCUT2D eigenvalue weighted by molar-refractivity contribution is -0.139. The van der Waals surface area contributed by atoms with Crippen molar-refractivity contribution in [1.82, 2.24) is 10.2 Å². The van der Waals surface area contributed by atoms with Crippen molar-refractivity contribution in [2.75, 3.05) is 18.0 Å². The minimum Gasteiger partial charge on any atom is -0.350 e. The first kappa shape index (κ1) is 23.5. The van der Waals surface area contributed by atoms with Gasteiger partial charge >= 0.3 is 0 Å². The molecular formula is C28H31N3O3. The van der Waals surface area contributed by atoms with Crippen LogP contribution in [0, 0.1) is 0 Å². The Balaban J connectivity index is 1.58. The molecule has 3 amide bonds. The highest BCUT2D eigenvalue weighted by Crippen LogP contribution is 2.37. The normalized spacial score (nSPS) is 13.8. The quantitative estimate of drug-likeness (QED) is 0.579. The molecule has 34 heavy (non-hydrogen) atoms. The van der Waals surface area contributed by atoms with Crippen molar-refractivity contribution in [2.45, 2.75) is 45.7 Å². The summed E-state index contributed by atoms with van der Waals surface area (Å²) in [4.78, 5) is 42.9. The second-order valence-corrected chi connectivity index (χ2v) is 9.81. The van der Waals surface area contributed by atoms with E-state index in [9.17, 15) is 14.4 Å².